The maximum absolute atomic E-state index is 12.9. The third kappa shape index (κ3) is 4.31. The summed E-state index contributed by atoms with van der Waals surface area (Å²) in [5, 5.41) is 0. The van der Waals surface area contributed by atoms with Crippen LogP contribution < -0.4 is 4.74 Å². The average Bonchev–Trinajstić information content (AvgIpc) is 2.68. The molecule has 6 nitrogen and oxygen atoms in total. The van der Waals surface area contributed by atoms with E-state index >= 15 is 0 Å². The van der Waals surface area contributed by atoms with Gasteiger partial charge in [0.25, 0.3) is 0 Å². The minimum Gasteiger partial charge on any atom is -0.497 e. The lowest BCUT2D eigenvalue weighted by atomic mass is 9.99. The van der Waals surface area contributed by atoms with Crippen LogP contribution in [0.25, 0.3) is 0 Å². The van der Waals surface area contributed by atoms with Gasteiger partial charge in [-0.2, -0.15) is 0 Å². The molecule has 0 aliphatic carbocycles. The van der Waals surface area contributed by atoms with Gasteiger partial charge in [0.05, 0.1) is 26.7 Å². The van der Waals surface area contributed by atoms with Gasteiger partial charge in [0.15, 0.2) is 0 Å². The van der Waals surface area contributed by atoms with Crippen LogP contribution in [-0.2, 0) is 20.7 Å². The summed E-state index contributed by atoms with van der Waals surface area (Å²) in [6, 6.07) is 7.20. The Balaban J connectivity index is 1.66. The highest BCUT2D eigenvalue weighted by Crippen LogP contribution is 2.21. The van der Waals surface area contributed by atoms with E-state index in [4.69, 9.17) is 9.47 Å². The minimum absolute atomic E-state index is 0.0245. The van der Waals surface area contributed by atoms with Crippen LogP contribution in [0, 0.1) is 0 Å². The van der Waals surface area contributed by atoms with E-state index in [0.29, 0.717) is 39.3 Å². The summed E-state index contributed by atoms with van der Waals surface area (Å²) in [6.07, 6.45) is 3.02. The average molecular weight is 346 g/mol. The largest absolute Gasteiger partial charge is 0.497 e. The van der Waals surface area contributed by atoms with E-state index in [9.17, 15) is 9.59 Å². The number of carbonyl (C=O) groups is 2. The Labute approximate surface area is 148 Å². The van der Waals surface area contributed by atoms with Crippen LogP contribution in [0.3, 0.4) is 0 Å². The molecule has 0 unspecified atom stereocenters. The molecule has 3 rings (SSSR count). The van der Waals surface area contributed by atoms with E-state index in [1.54, 1.807) is 12.0 Å². The van der Waals surface area contributed by atoms with Gasteiger partial charge in [-0.3, -0.25) is 9.59 Å². The Kier molecular flexibility index (Phi) is 5.91. The van der Waals surface area contributed by atoms with Gasteiger partial charge in [-0.15, -0.1) is 0 Å². The molecule has 2 fully saturated rings. The Morgan fingerprint density at radius 1 is 1.12 bits per heavy atom. The highest BCUT2D eigenvalue weighted by Gasteiger charge is 2.35. The fourth-order valence-corrected chi connectivity index (χ4v) is 3.50. The molecule has 25 heavy (non-hydrogen) atoms. The molecule has 6 heteroatoms. The third-order valence-electron chi connectivity index (χ3n) is 4.95. The molecule has 1 atom stereocenters. The first-order chi connectivity index (χ1) is 12.2. The van der Waals surface area contributed by atoms with E-state index in [2.05, 4.69) is 0 Å². The Morgan fingerprint density at radius 3 is 2.52 bits per heavy atom. The number of morpholine rings is 1. The lowest BCUT2D eigenvalue weighted by molar-refractivity contribution is -0.149. The number of methoxy groups -OCH3 is 1. The normalized spacial score (nSPS) is 21.1. The molecule has 0 bridgehead atoms. The molecule has 2 aliphatic heterocycles. The molecule has 0 N–H and O–H groups in total. The van der Waals surface area contributed by atoms with Gasteiger partial charge < -0.3 is 19.3 Å². The molecule has 0 aromatic heterocycles. The Morgan fingerprint density at radius 2 is 1.84 bits per heavy atom. The Hall–Kier alpha value is -2.08. The third-order valence-corrected chi connectivity index (χ3v) is 4.95. The highest BCUT2D eigenvalue weighted by molar-refractivity contribution is 5.88. The lowest BCUT2D eigenvalue weighted by Crippen LogP contribution is -2.55. The molecule has 2 heterocycles. The summed E-state index contributed by atoms with van der Waals surface area (Å²) in [7, 11) is 1.62. The predicted molar refractivity (Wildman–Crippen MR) is 93.4 cm³/mol. The van der Waals surface area contributed by atoms with Crippen LogP contribution in [0.15, 0.2) is 24.3 Å². The predicted octanol–water partition coefficient (Wildman–Crippen LogP) is 1.48. The van der Waals surface area contributed by atoms with E-state index < -0.39 is 0 Å². The smallest absolute Gasteiger partial charge is 0.245 e. The maximum Gasteiger partial charge on any atom is 0.245 e. The van der Waals surface area contributed by atoms with Crippen molar-refractivity contribution in [1.82, 2.24) is 9.80 Å². The molecule has 1 aromatic carbocycles. The summed E-state index contributed by atoms with van der Waals surface area (Å²) in [5.41, 5.74) is 0.939. The monoisotopic (exact) mass is 346 g/mol. The van der Waals surface area contributed by atoms with Gasteiger partial charge in [-0.25, -0.2) is 0 Å². The van der Waals surface area contributed by atoms with Crippen molar-refractivity contribution in [1.29, 1.82) is 0 Å². The van der Waals surface area contributed by atoms with E-state index in [-0.39, 0.29) is 17.9 Å². The van der Waals surface area contributed by atoms with Crippen molar-refractivity contribution < 1.29 is 19.1 Å². The van der Waals surface area contributed by atoms with Crippen molar-refractivity contribution in [3.63, 3.8) is 0 Å². The van der Waals surface area contributed by atoms with Gasteiger partial charge >= 0.3 is 0 Å². The van der Waals surface area contributed by atoms with Crippen molar-refractivity contribution in [3.8, 4) is 5.75 Å². The zero-order valence-corrected chi connectivity index (χ0v) is 14.8. The topological polar surface area (TPSA) is 59.1 Å². The number of benzene rings is 1. The van der Waals surface area contributed by atoms with Crippen molar-refractivity contribution >= 4 is 11.8 Å². The molecular formula is C19H26N2O4. The van der Waals surface area contributed by atoms with Crippen molar-refractivity contribution in [2.45, 2.75) is 31.7 Å². The summed E-state index contributed by atoms with van der Waals surface area (Å²) >= 11 is 0. The second-order valence-corrected chi connectivity index (χ2v) is 6.56. The van der Waals surface area contributed by atoms with Crippen LogP contribution >= 0.6 is 0 Å². The number of rotatable bonds is 4. The zero-order valence-electron chi connectivity index (χ0n) is 14.8. The number of piperidine rings is 1. The van der Waals surface area contributed by atoms with E-state index in [1.165, 1.54) is 0 Å². The number of ether oxygens (including phenoxy) is 2. The number of hydrogen-bond donors (Lipinski definition) is 0. The molecule has 2 aliphatic rings. The standard InChI is InChI=1S/C19H26N2O4/c1-24-16-7-5-15(6-8-16)14-18(22)21-9-3-2-4-17(21)19(23)20-10-12-25-13-11-20/h5-8,17H,2-4,9-14H2,1H3/t17-/m1/s1. The van der Waals surface area contributed by atoms with Gasteiger partial charge in [-0.1, -0.05) is 12.1 Å². The van der Waals surface area contributed by atoms with E-state index in [1.807, 2.05) is 29.2 Å². The molecule has 2 amide bonds. The second kappa shape index (κ2) is 8.34. The van der Waals surface area contributed by atoms with Crippen molar-refractivity contribution in [3.05, 3.63) is 29.8 Å². The molecule has 0 radical (unpaired) electrons. The van der Waals surface area contributed by atoms with Gasteiger partial charge in [0.2, 0.25) is 11.8 Å². The van der Waals surface area contributed by atoms with Crippen LogP contribution in [0.4, 0.5) is 0 Å². The van der Waals surface area contributed by atoms with Gasteiger partial charge in [-0.05, 0) is 37.0 Å². The molecule has 0 spiro atoms. The first-order valence-electron chi connectivity index (χ1n) is 8.98. The molecule has 2 saturated heterocycles. The molecule has 1 aromatic rings. The summed E-state index contributed by atoms with van der Waals surface area (Å²) in [6.45, 7) is 3.07. The fraction of sp³-hybridized carbons (Fsp3) is 0.579. The van der Waals surface area contributed by atoms with Crippen LogP contribution in [0.1, 0.15) is 24.8 Å². The first kappa shape index (κ1) is 17.7. The summed E-state index contributed by atoms with van der Waals surface area (Å²) in [4.78, 5) is 29.3. The first-order valence-corrected chi connectivity index (χ1v) is 8.98. The van der Waals surface area contributed by atoms with Crippen molar-refractivity contribution in [2.75, 3.05) is 40.0 Å². The molecule has 136 valence electrons. The molecule has 0 saturated carbocycles. The van der Waals surface area contributed by atoms with E-state index in [0.717, 1.165) is 30.6 Å². The quantitative estimate of drug-likeness (QED) is 0.829. The van der Waals surface area contributed by atoms with Crippen LogP contribution in [0.5, 0.6) is 5.75 Å². The molecular weight excluding hydrogens is 320 g/mol. The summed E-state index contributed by atoms with van der Waals surface area (Å²) in [5.74, 6) is 0.872. The zero-order chi connectivity index (χ0) is 17.6. The Bertz CT molecular complexity index is 596. The van der Waals surface area contributed by atoms with Gasteiger partial charge in [0, 0.05) is 19.6 Å². The van der Waals surface area contributed by atoms with Gasteiger partial charge in [0.1, 0.15) is 11.8 Å². The second-order valence-electron chi connectivity index (χ2n) is 6.56. The summed E-state index contributed by atoms with van der Waals surface area (Å²) < 4.78 is 10.5. The minimum atomic E-state index is -0.322. The number of likely N-dealkylation sites (tertiary alicyclic amines) is 1. The SMILES string of the molecule is COc1ccc(CC(=O)N2CCCC[C@@H]2C(=O)N2CCOCC2)cc1. The number of hydrogen-bond acceptors (Lipinski definition) is 4. The number of nitrogens with zero attached hydrogens (tertiary/aromatic N) is 2. The van der Waals surface area contributed by atoms with Crippen LogP contribution in [0.2, 0.25) is 0 Å². The van der Waals surface area contributed by atoms with Crippen molar-refractivity contribution in [2.24, 2.45) is 0 Å². The number of carbonyl (C=O) groups excluding carboxylic acids is 2. The maximum atomic E-state index is 12.9. The number of amides is 2. The van der Waals surface area contributed by atoms with Crippen LogP contribution in [-0.4, -0.2) is 67.6 Å². The highest BCUT2D eigenvalue weighted by atomic mass is 16.5. The fourth-order valence-electron chi connectivity index (χ4n) is 3.50. The lowest BCUT2D eigenvalue weighted by Gasteiger charge is -2.38.